The molecule has 0 aliphatic rings. The number of hydrogen-bond donors (Lipinski definition) is 1. The molecule has 1 N–H and O–H groups in total. The van der Waals surface area contributed by atoms with Crippen LogP contribution in [0.3, 0.4) is 0 Å². The molecule has 0 radical (unpaired) electrons. The van der Waals surface area contributed by atoms with E-state index in [0.717, 1.165) is 24.1 Å². The third-order valence-electron chi connectivity index (χ3n) is 3.92. The Bertz CT molecular complexity index is 832. The molecule has 2 rings (SSSR count). The van der Waals surface area contributed by atoms with Gasteiger partial charge in [-0.3, -0.25) is 4.79 Å². The standard InChI is InChI=1S/C18H19F2NO3S/c1-3-13-4-6-14(7-5-13)12(2)21-17(22)15-8-10-16(11-9-15)25(23,24)18(19)20/h4-12,18H,3H2,1-2H3,(H,21,22)/t12-/m0/s1. The number of alkyl halides is 2. The normalized spacial score (nSPS) is 12.8. The van der Waals surface area contributed by atoms with Gasteiger partial charge in [0.2, 0.25) is 9.84 Å². The third kappa shape index (κ3) is 4.42. The Balaban J connectivity index is 2.10. The molecule has 25 heavy (non-hydrogen) atoms. The molecule has 4 nitrogen and oxygen atoms in total. The van der Waals surface area contributed by atoms with Crippen LogP contribution in [-0.4, -0.2) is 20.1 Å². The Morgan fingerprint density at radius 3 is 2.08 bits per heavy atom. The van der Waals surface area contributed by atoms with Gasteiger partial charge >= 0.3 is 5.76 Å². The molecule has 0 unspecified atom stereocenters. The lowest BCUT2D eigenvalue weighted by Crippen LogP contribution is -2.26. The molecule has 0 aliphatic carbocycles. The van der Waals surface area contributed by atoms with Crippen LogP contribution in [0.5, 0.6) is 0 Å². The zero-order valence-corrected chi connectivity index (χ0v) is 14.7. The second-order valence-corrected chi connectivity index (χ2v) is 7.54. The Labute approximate surface area is 145 Å². The summed E-state index contributed by atoms with van der Waals surface area (Å²) in [5, 5.41) is 2.79. The van der Waals surface area contributed by atoms with Crippen LogP contribution in [0.2, 0.25) is 0 Å². The molecular formula is C18H19F2NO3S. The van der Waals surface area contributed by atoms with E-state index in [2.05, 4.69) is 12.2 Å². The Hall–Kier alpha value is -2.28. The molecule has 1 atom stereocenters. The lowest BCUT2D eigenvalue weighted by atomic mass is 10.0. The van der Waals surface area contributed by atoms with Crippen molar-refractivity contribution in [3.8, 4) is 0 Å². The van der Waals surface area contributed by atoms with Crippen LogP contribution in [0.4, 0.5) is 8.78 Å². The summed E-state index contributed by atoms with van der Waals surface area (Å²) in [4.78, 5) is 11.7. The van der Waals surface area contributed by atoms with E-state index in [1.54, 1.807) is 0 Å². The summed E-state index contributed by atoms with van der Waals surface area (Å²) in [6, 6.07) is 12.1. The van der Waals surface area contributed by atoms with Crippen molar-refractivity contribution in [2.45, 2.75) is 37.0 Å². The van der Waals surface area contributed by atoms with Gasteiger partial charge in [0.25, 0.3) is 5.91 Å². The van der Waals surface area contributed by atoms with Crippen molar-refractivity contribution in [3.63, 3.8) is 0 Å². The average molecular weight is 367 g/mol. The molecule has 1 amide bonds. The second kappa shape index (κ2) is 7.74. The minimum Gasteiger partial charge on any atom is -0.346 e. The molecule has 0 bridgehead atoms. The summed E-state index contributed by atoms with van der Waals surface area (Å²) < 4.78 is 47.8. The quantitative estimate of drug-likeness (QED) is 0.846. The number of nitrogens with one attached hydrogen (secondary N) is 1. The van der Waals surface area contributed by atoms with E-state index >= 15 is 0 Å². The first-order chi connectivity index (χ1) is 11.8. The predicted molar refractivity (Wildman–Crippen MR) is 91.3 cm³/mol. The van der Waals surface area contributed by atoms with E-state index in [1.807, 2.05) is 31.2 Å². The molecule has 0 spiro atoms. The van der Waals surface area contributed by atoms with Gasteiger partial charge in [0, 0.05) is 5.56 Å². The molecule has 7 heteroatoms. The second-order valence-electron chi connectivity index (χ2n) is 5.62. The summed E-state index contributed by atoms with van der Waals surface area (Å²) in [5.74, 6) is -3.90. The molecule has 0 heterocycles. The summed E-state index contributed by atoms with van der Waals surface area (Å²) >= 11 is 0. The molecule has 134 valence electrons. The monoisotopic (exact) mass is 367 g/mol. The van der Waals surface area contributed by atoms with Crippen LogP contribution in [0.1, 0.15) is 41.4 Å². The summed E-state index contributed by atoms with van der Waals surface area (Å²) in [6.07, 6.45) is 0.925. The molecule has 0 aliphatic heterocycles. The highest BCUT2D eigenvalue weighted by Gasteiger charge is 2.26. The molecule has 2 aromatic rings. The van der Waals surface area contributed by atoms with Crippen LogP contribution in [0, 0.1) is 0 Å². The first-order valence-electron chi connectivity index (χ1n) is 7.77. The highest BCUT2D eigenvalue weighted by atomic mass is 32.2. The fourth-order valence-electron chi connectivity index (χ4n) is 2.30. The maximum Gasteiger partial charge on any atom is 0.341 e. The van der Waals surface area contributed by atoms with Gasteiger partial charge in [0.05, 0.1) is 10.9 Å². The number of carbonyl (C=O) groups is 1. The predicted octanol–water partition coefficient (Wildman–Crippen LogP) is 3.74. The molecule has 0 saturated carbocycles. The number of aryl methyl sites for hydroxylation is 1. The van der Waals surface area contributed by atoms with Crippen molar-refractivity contribution in [1.82, 2.24) is 5.32 Å². The molecule has 0 aromatic heterocycles. The zero-order valence-electron chi connectivity index (χ0n) is 13.9. The van der Waals surface area contributed by atoms with E-state index in [9.17, 15) is 22.0 Å². The minimum absolute atomic E-state index is 0.199. The van der Waals surface area contributed by atoms with Crippen molar-refractivity contribution in [1.29, 1.82) is 0 Å². The lowest BCUT2D eigenvalue weighted by Gasteiger charge is -2.15. The van der Waals surface area contributed by atoms with Crippen molar-refractivity contribution in [3.05, 3.63) is 65.2 Å². The van der Waals surface area contributed by atoms with E-state index in [1.165, 1.54) is 17.7 Å². The van der Waals surface area contributed by atoms with Crippen LogP contribution in [0.25, 0.3) is 0 Å². The maximum absolute atomic E-state index is 12.5. The van der Waals surface area contributed by atoms with Crippen LogP contribution < -0.4 is 5.32 Å². The van der Waals surface area contributed by atoms with Crippen LogP contribution >= 0.6 is 0 Å². The van der Waals surface area contributed by atoms with E-state index in [4.69, 9.17) is 0 Å². The summed E-state index contributed by atoms with van der Waals surface area (Å²) in [6.45, 7) is 3.88. The van der Waals surface area contributed by atoms with Crippen LogP contribution in [-0.2, 0) is 16.3 Å². The first-order valence-corrected chi connectivity index (χ1v) is 9.32. The van der Waals surface area contributed by atoms with E-state index in [0.29, 0.717) is 0 Å². The van der Waals surface area contributed by atoms with Crippen molar-refractivity contribution >= 4 is 15.7 Å². The Morgan fingerprint density at radius 1 is 1.04 bits per heavy atom. The highest BCUT2D eigenvalue weighted by molar-refractivity contribution is 7.91. The van der Waals surface area contributed by atoms with Crippen LogP contribution in [0.15, 0.2) is 53.4 Å². The van der Waals surface area contributed by atoms with Gasteiger partial charge in [-0.2, -0.15) is 8.78 Å². The highest BCUT2D eigenvalue weighted by Crippen LogP contribution is 2.19. The SMILES string of the molecule is CCc1ccc([C@H](C)NC(=O)c2ccc(S(=O)(=O)C(F)F)cc2)cc1. The number of benzene rings is 2. The number of carbonyl (C=O) groups excluding carboxylic acids is 1. The number of halogens is 2. The lowest BCUT2D eigenvalue weighted by molar-refractivity contribution is 0.0940. The number of rotatable bonds is 6. The zero-order chi connectivity index (χ0) is 18.6. The van der Waals surface area contributed by atoms with Gasteiger partial charge in [-0.05, 0) is 48.7 Å². The topological polar surface area (TPSA) is 63.2 Å². The first kappa shape index (κ1) is 19.1. The summed E-state index contributed by atoms with van der Waals surface area (Å²) in [7, 11) is -4.66. The largest absolute Gasteiger partial charge is 0.346 e. The van der Waals surface area contributed by atoms with Crippen molar-refractivity contribution < 1.29 is 22.0 Å². The van der Waals surface area contributed by atoms with Gasteiger partial charge < -0.3 is 5.32 Å². The van der Waals surface area contributed by atoms with Gasteiger partial charge in [0.1, 0.15) is 0 Å². The fourth-order valence-corrected chi connectivity index (χ4v) is 3.03. The molecule has 0 saturated heterocycles. The van der Waals surface area contributed by atoms with Gasteiger partial charge in [-0.15, -0.1) is 0 Å². The Kier molecular flexibility index (Phi) is 5.89. The average Bonchev–Trinajstić information content (AvgIpc) is 2.61. The van der Waals surface area contributed by atoms with Crippen molar-refractivity contribution in [2.75, 3.05) is 0 Å². The number of sulfone groups is 1. The molecule has 0 fully saturated rings. The number of amides is 1. The van der Waals surface area contributed by atoms with Gasteiger partial charge in [-0.25, -0.2) is 8.42 Å². The third-order valence-corrected chi connectivity index (χ3v) is 5.31. The van der Waals surface area contributed by atoms with Gasteiger partial charge in [0.15, 0.2) is 0 Å². The Morgan fingerprint density at radius 2 is 1.60 bits per heavy atom. The summed E-state index contributed by atoms with van der Waals surface area (Å²) in [5.41, 5.74) is 2.32. The maximum atomic E-state index is 12.5. The fraction of sp³-hybridized carbons (Fsp3) is 0.278. The minimum atomic E-state index is -4.66. The molecule has 2 aromatic carbocycles. The number of hydrogen-bond acceptors (Lipinski definition) is 3. The van der Waals surface area contributed by atoms with Gasteiger partial charge in [-0.1, -0.05) is 31.2 Å². The smallest absolute Gasteiger partial charge is 0.341 e. The van der Waals surface area contributed by atoms with E-state index < -0.39 is 26.4 Å². The van der Waals surface area contributed by atoms with E-state index in [-0.39, 0.29) is 11.6 Å². The molecular weight excluding hydrogens is 348 g/mol. The van der Waals surface area contributed by atoms with Crippen molar-refractivity contribution in [2.24, 2.45) is 0 Å².